The minimum atomic E-state index is -0.174. The van der Waals surface area contributed by atoms with E-state index in [1.165, 1.54) is 4.90 Å². The molecule has 0 radical (unpaired) electrons. The lowest BCUT2D eigenvalue weighted by molar-refractivity contribution is -0.914. The molecule has 1 amide bonds. The lowest BCUT2D eigenvalue weighted by Gasteiger charge is -2.36. The highest BCUT2D eigenvalue weighted by Crippen LogP contribution is 2.25. The number of piperazine rings is 1. The Morgan fingerprint density at radius 1 is 1.08 bits per heavy atom. The maximum Gasteiger partial charge on any atom is 0.282 e. The van der Waals surface area contributed by atoms with Crippen LogP contribution >= 0.6 is 34.8 Å². The largest absolute Gasteiger partial charge is 0.360 e. The number of halogens is 3. The maximum absolute atomic E-state index is 12.6. The summed E-state index contributed by atoms with van der Waals surface area (Å²) in [5, 5.41) is 4.65. The van der Waals surface area contributed by atoms with Gasteiger partial charge in [0, 0.05) is 15.7 Å². The van der Waals surface area contributed by atoms with Gasteiger partial charge in [0.25, 0.3) is 5.91 Å². The first-order chi connectivity index (χ1) is 12.4. The van der Waals surface area contributed by atoms with Crippen molar-refractivity contribution in [1.82, 2.24) is 0 Å². The van der Waals surface area contributed by atoms with Crippen molar-refractivity contribution in [3.05, 3.63) is 57.5 Å². The predicted octanol–water partition coefficient (Wildman–Crippen LogP) is 3.38. The van der Waals surface area contributed by atoms with Crippen molar-refractivity contribution in [3.8, 4) is 0 Å². The molecule has 0 unspecified atom stereocenters. The first-order valence-corrected chi connectivity index (χ1v) is 9.68. The van der Waals surface area contributed by atoms with Crippen LogP contribution in [-0.2, 0) is 4.79 Å². The topological polar surface area (TPSA) is 36.8 Å². The van der Waals surface area contributed by atoms with E-state index in [1.54, 1.807) is 18.2 Å². The van der Waals surface area contributed by atoms with Crippen LogP contribution in [0.1, 0.15) is 6.92 Å². The summed E-state index contributed by atoms with van der Waals surface area (Å²) in [6, 6.07) is 12.7. The predicted molar refractivity (Wildman–Crippen MR) is 109 cm³/mol. The van der Waals surface area contributed by atoms with E-state index in [-0.39, 0.29) is 11.9 Å². The fraction of sp³-hybridized carbons (Fsp3) is 0.316. The first-order valence-electron chi connectivity index (χ1n) is 8.55. The van der Waals surface area contributed by atoms with Crippen molar-refractivity contribution in [1.29, 1.82) is 0 Å². The second-order valence-corrected chi connectivity index (χ2v) is 7.74. The third-order valence-corrected chi connectivity index (χ3v) is 5.57. The molecule has 2 N–H and O–H groups in total. The van der Waals surface area contributed by atoms with E-state index < -0.39 is 0 Å². The van der Waals surface area contributed by atoms with Gasteiger partial charge in [-0.15, -0.1) is 0 Å². The van der Waals surface area contributed by atoms with Gasteiger partial charge in [0.1, 0.15) is 0 Å². The van der Waals surface area contributed by atoms with Crippen LogP contribution in [0.15, 0.2) is 42.5 Å². The average molecular weight is 414 g/mol. The number of hydrogen-bond acceptors (Lipinski definition) is 2. The molecule has 0 spiro atoms. The minimum Gasteiger partial charge on any atom is -0.360 e. The number of carbonyl (C=O) groups excluding carboxylic acids is 1. The Balaban J connectivity index is 1.58. The molecule has 1 heterocycles. The van der Waals surface area contributed by atoms with Crippen molar-refractivity contribution in [2.75, 3.05) is 36.4 Å². The van der Waals surface area contributed by atoms with E-state index in [9.17, 15) is 4.79 Å². The fourth-order valence-electron chi connectivity index (χ4n) is 3.18. The number of rotatable bonds is 4. The van der Waals surface area contributed by atoms with E-state index in [4.69, 9.17) is 34.8 Å². The van der Waals surface area contributed by atoms with Gasteiger partial charge >= 0.3 is 0 Å². The van der Waals surface area contributed by atoms with Crippen LogP contribution in [0, 0.1) is 0 Å². The molecule has 7 heteroatoms. The van der Waals surface area contributed by atoms with Crippen LogP contribution in [0.25, 0.3) is 0 Å². The number of hydrogen-bond donors (Lipinski definition) is 2. The van der Waals surface area contributed by atoms with Crippen molar-refractivity contribution in [2.24, 2.45) is 0 Å². The molecule has 1 atom stereocenters. The normalized spacial score (nSPS) is 16.4. The zero-order valence-corrected chi connectivity index (χ0v) is 16.7. The van der Waals surface area contributed by atoms with Gasteiger partial charge in [0.05, 0.1) is 36.9 Å². The summed E-state index contributed by atoms with van der Waals surface area (Å²) in [6.07, 6.45) is 0. The van der Waals surface area contributed by atoms with Gasteiger partial charge < -0.3 is 15.1 Å². The summed E-state index contributed by atoms with van der Waals surface area (Å²) >= 11 is 18.2. The van der Waals surface area contributed by atoms with Crippen LogP contribution in [0.3, 0.4) is 0 Å². The van der Waals surface area contributed by atoms with Gasteiger partial charge in [-0.2, -0.15) is 0 Å². The number of anilines is 2. The van der Waals surface area contributed by atoms with Gasteiger partial charge in [-0.05, 0) is 43.3 Å². The van der Waals surface area contributed by atoms with E-state index in [0.29, 0.717) is 15.7 Å². The summed E-state index contributed by atoms with van der Waals surface area (Å²) in [7, 11) is 0. The SMILES string of the molecule is C[C@H](C(=O)Nc1cc(Cl)ccc1Cl)[NH+]1CCN(c2cccc(Cl)c2)CC1. The lowest BCUT2D eigenvalue weighted by atomic mass is 10.2. The Labute approximate surface area is 168 Å². The Morgan fingerprint density at radius 3 is 2.46 bits per heavy atom. The number of quaternary nitrogens is 1. The molecule has 4 nitrogen and oxygen atoms in total. The number of nitrogens with one attached hydrogen (secondary N) is 2. The summed E-state index contributed by atoms with van der Waals surface area (Å²) in [5.41, 5.74) is 1.67. The van der Waals surface area contributed by atoms with Crippen LogP contribution in [0.5, 0.6) is 0 Å². The zero-order valence-electron chi connectivity index (χ0n) is 14.4. The maximum atomic E-state index is 12.6. The van der Waals surface area contributed by atoms with E-state index in [1.807, 2.05) is 25.1 Å². The lowest BCUT2D eigenvalue weighted by Crippen LogP contribution is -3.19. The smallest absolute Gasteiger partial charge is 0.282 e. The van der Waals surface area contributed by atoms with Crippen molar-refractivity contribution < 1.29 is 9.69 Å². The molecule has 1 saturated heterocycles. The van der Waals surface area contributed by atoms with Crippen molar-refractivity contribution in [3.63, 3.8) is 0 Å². The number of amides is 1. The van der Waals surface area contributed by atoms with Gasteiger partial charge in [-0.25, -0.2) is 0 Å². The average Bonchev–Trinajstić information content (AvgIpc) is 2.64. The summed E-state index contributed by atoms with van der Waals surface area (Å²) in [6.45, 7) is 5.46. The van der Waals surface area contributed by atoms with Gasteiger partial charge in [0.2, 0.25) is 0 Å². The molecule has 0 aliphatic carbocycles. The molecule has 138 valence electrons. The molecule has 26 heavy (non-hydrogen) atoms. The van der Waals surface area contributed by atoms with E-state index in [0.717, 1.165) is 36.9 Å². The van der Waals surface area contributed by atoms with Gasteiger partial charge in [-0.1, -0.05) is 40.9 Å². The molecule has 0 saturated carbocycles. The standard InChI is InChI=1S/C19H20Cl3N3O/c1-13(19(26)23-18-12-15(21)5-6-17(18)22)24-7-9-25(10-8-24)16-4-2-3-14(20)11-16/h2-6,11-13H,7-10H2,1H3,(H,23,26)/p+1/t13-/m1/s1. The van der Waals surface area contributed by atoms with Crippen LogP contribution < -0.4 is 15.1 Å². The Kier molecular flexibility index (Phi) is 6.30. The molecule has 1 aliphatic heterocycles. The molecule has 0 aromatic heterocycles. The molecule has 2 aromatic carbocycles. The molecular weight excluding hydrogens is 393 g/mol. The Morgan fingerprint density at radius 2 is 1.77 bits per heavy atom. The minimum absolute atomic E-state index is 0.0552. The molecular formula is C19H21Cl3N3O+. The molecule has 2 aromatic rings. The van der Waals surface area contributed by atoms with Crippen LogP contribution in [-0.4, -0.2) is 38.1 Å². The molecule has 1 fully saturated rings. The second-order valence-electron chi connectivity index (χ2n) is 6.46. The third-order valence-electron chi connectivity index (χ3n) is 4.77. The Bertz CT molecular complexity index is 791. The highest BCUT2D eigenvalue weighted by atomic mass is 35.5. The van der Waals surface area contributed by atoms with Crippen LogP contribution in [0.2, 0.25) is 15.1 Å². The highest BCUT2D eigenvalue weighted by Gasteiger charge is 2.29. The van der Waals surface area contributed by atoms with Crippen molar-refractivity contribution in [2.45, 2.75) is 13.0 Å². The quantitative estimate of drug-likeness (QED) is 0.806. The zero-order chi connectivity index (χ0) is 18.7. The molecule has 0 bridgehead atoms. The Hall–Kier alpha value is -1.46. The van der Waals surface area contributed by atoms with Gasteiger partial charge in [-0.3, -0.25) is 4.79 Å². The monoisotopic (exact) mass is 412 g/mol. The van der Waals surface area contributed by atoms with E-state index in [2.05, 4.69) is 16.3 Å². The molecule has 1 aliphatic rings. The van der Waals surface area contributed by atoms with Gasteiger partial charge in [0.15, 0.2) is 6.04 Å². The number of nitrogens with zero attached hydrogens (tertiary/aromatic N) is 1. The summed E-state index contributed by atoms with van der Waals surface area (Å²) in [4.78, 5) is 16.2. The highest BCUT2D eigenvalue weighted by molar-refractivity contribution is 6.35. The number of benzene rings is 2. The number of carbonyl (C=O) groups is 1. The van der Waals surface area contributed by atoms with Crippen LogP contribution in [0.4, 0.5) is 11.4 Å². The third kappa shape index (κ3) is 4.63. The molecule has 3 rings (SSSR count). The summed E-state index contributed by atoms with van der Waals surface area (Å²) in [5.74, 6) is -0.0552. The van der Waals surface area contributed by atoms with Crippen molar-refractivity contribution >= 4 is 52.1 Å². The summed E-state index contributed by atoms with van der Waals surface area (Å²) < 4.78 is 0. The van der Waals surface area contributed by atoms with E-state index >= 15 is 0 Å². The first kappa shape index (κ1) is 19.3. The second kappa shape index (κ2) is 8.49. The fourth-order valence-corrected chi connectivity index (χ4v) is 3.70.